The molecule has 1 aliphatic heterocycles. The molecule has 34 heavy (non-hydrogen) atoms. The average Bonchev–Trinajstić information content (AvgIpc) is 3.26. The average molecular weight is 473 g/mol. The van der Waals surface area contributed by atoms with Crippen LogP contribution in [0.2, 0.25) is 0 Å². The molecule has 0 bridgehead atoms. The molecule has 1 saturated heterocycles. The van der Waals surface area contributed by atoms with Crippen LogP contribution in [0.1, 0.15) is 32.7 Å². The van der Waals surface area contributed by atoms with Gasteiger partial charge in [-0.05, 0) is 42.8 Å². The van der Waals surface area contributed by atoms with Gasteiger partial charge in [-0.3, -0.25) is 4.79 Å². The van der Waals surface area contributed by atoms with E-state index >= 15 is 0 Å². The molecule has 3 heterocycles. The van der Waals surface area contributed by atoms with Crippen LogP contribution in [0.4, 0.5) is 19.0 Å². The molecule has 0 saturated carbocycles. The number of benzene rings is 1. The summed E-state index contributed by atoms with van der Waals surface area (Å²) in [6.45, 7) is 5.24. The molecule has 1 aromatic carbocycles. The number of anilines is 1. The number of carbonyl (C=O) groups excluding carboxylic acids is 1. The Labute approximate surface area is 193 Å². The summed E-state index contributed by atoms with van der Waals surface area (Å²) in [6.07, 6.45) is 0.339. The quantitative estimate of drug-likeness (QED) is 0.437. The van der Waals surface area contributed by atoms with Gasteiger partial charge in [0.1, 0.15) is 11.5 Å². The smallest absolute Gasteiger partial charge is 0.378 e. The molecule has 178 valence electrons. The van der Waals surface area contributed by atoms with E-state index in [2.05, 4.69) is 36.8 Å². The van der Waals surface area contributed by atoms with Crippen molar-refractivity contribution in [2.24, 2.45) is 5.10 Å². The number of aryl methyl sites for hydroxylation is 1. The van der Waals surface area contributed by atoms with Crippen molar-refractivity contribution in [3.63, 3.8) is 0 Å². The second-order valence-corrected chi connectivity index (χ2v) is 7.71. The summed E-state index contributed by atoms with van der Waals surface area (Å²) in [5.41, 5.74) is 3.91. The molecule has 1 aliphatic rings. The highest BCUT2D eigenvalue weighted by Gasteiger charge is 2.30. The van der Waals surface area contributed by atoms with E-state index in [0.29, 0.717) is 25.5 Å². The minimum atomic E-state index is -4.46. The van der Waals surface area contributed by atoms with Gasteiger partial charge in [0.15, 0.2) is 0 Å². The highest BCUT2D eigenvalue weighted by Crippen LogP contribution is 2.29. The zero-order chi connectivity index (χ0) is 24.1. The van der Waals surface area contributed by atoms with Crippen LogP contribution in [0.3, 0.4) is 0 Å². The van der Waals surface area contributed by atoms with E-state index < -0.39 is 17.6 Å². The number of ether oxygens (including phenoxy) is 1. The van der Waals surface area contributed by atoms with Gasteiger partial charge in [0.2, 0.25) is 0 Å². The van der Waals surface area contributed by atoms with Crippen molar-refractivity contribution in [2.75, 3.05) is 31.2 Å². The van der Waals surface area contributed by atoms with Crippen molar-refractivity contribution in [1.82, 2.24) is 25.4 Å². The van der Waals surface area contributed by atoms with Gasteiger partial charge in [-0.25, -0.2) is 15.1 Å². The number of nitrogens with one attached hydrogen (secondary N) is 1. The van der Waals surface area contributed by atoms with Gasteiger partial charge >= 0.3 is 6.18 Å². The Morgan fingerprint density at radius 3 is 2.68 bits per heavy atom. The molecule has 9 nitrogen and oxygen atoms in total. The topological polar surface area (TPSA) is 97.5 Å². The number of halogens is 3. The number of hydrazone groups is 1. The fourth-order valence-electron chi connectivity index (χ4n) is 3.46. The number of carbonyl (C=O) groups is 1. The third-order valence-electron chi connectivity index (χ3n) is 5.12. The molecule has 0 atom stereocenters. The maximum atomic E-state index is 12.6. The number of alkyl halides is 3. The minimum Gasteiger partial charge on any atom is -0.378 e. The van der Waals surface area contributed by atoms with Crippen molar-refractivity contribution in [2.45, 2.75) is 19.6 Å². The lowest BCUT2D eigenvalue weighted by atomic mass is 10.1. The van der Waals surface area contributed by atoms with Gasteiger partial charge in [-0.1, -0.05) is 5.21 Å². The Bertz CT molecular complexity index is 1170. The highest BCUT2D eigenvalue weighted by atomic mass is 19.4. The van der Waals surface area contributed by atoms with Crippen LogP contribution in [0.25, 0.3) is 0 Å². The summed E-state index contributed by atoms with van der Waals surface area (Å²) in [6, 6.07) is 5.92. The van der Waals surface area contributed by atoms with Crippen LogP contribution in [-0.4, -0.2) is 58.4 Å². The van der Waals surface area contributed by atoms with Gasteiger partial charge in [-0.2, -0.15) is 18.3 Å². The van der Waals surface area contributed by atoms with Crippen molar-refractivity contribution in [1.29, 1.82) is 0 Å². The normalized spacial score (nSPS) is 14.5. The fourth-order valence-corrected chi connectivity index (χ4v) is 3.46. The summed E-state index contributed by atoms with van der Waals surface area (Å²) in [5.74, 6) is 0.238. The lowest BCUT2D eigenvalue weighted by Crippen LogP contribution is -2.37. The molecular formula is C22H22F3N7O2. The zero-order valence-electron chi connectivity index (χ0n) is 18.3. The lowest BCUT2D eigenvalue weighted by Gasteiger charge is -2.29. The number of hydrogen-bond donors (Lipinski definition) is 1. The Hall–Kier alpha value is -3.80. The standard InChI is InChI=1S/C22H22F3N7O2/c1-15-10-17(20(26-11-15)31-6-8-34-9-7-31)13-32-14-19(28-30-32)12-27-29-21(33)16-2-4-18(5-3-16)22(23,24)25/h2-5,10-12,14H,6-9,13H2,1H3,(H,29,33)/b27-12+. The molecule has 1 amide bonds. The first kappa shape index (κ1) is 23.4. The van der Waals surface area contributed by atoms with Crippen molar-refractivity contribution >= 4 is 17.9 Å². The first-order valence-corrected chi connectivity index (χ1v) is 10.5. The van der Waals surface area contributed by atoms with Crippen LogP contribution in [-0.2, 0) is 17.5 Å². The third-order valence-corrected chi connectivity index (χ3v) is 5.12. The number of pyridine rings is 1. The third kappa shape index (κ3) is 5.76. The van der Waals surface area contributed by atoms with Crippen LogP contribution >= 0.6 is 0 Å². The first-order valence-electron chi connectivity index (χ1n) is 10.5. The van der Waals surface area contributed by atoms with Gasteiger partial charge in [0.25, 0.3) is 5.91 Å². The van der Waals surface area contributed by atoms with Gasteiger partial charge in [0.05, 0.1) is 37.7 Å². The molecule has 0 aliphatic carbocycles. The molecular weight excluding hydrogens is 451 g/mol. The molecule has 1 N–H and O–H groups in total. The molecule has 0 unspecified atom stereocenters. The number of amides is 1. The van der Waals surface area contributed by atoms with Crippen molar-refractivity contribution in [3.8, 4) is 0 Å². The van der Waals surface area contributed by atoms with E-state index in [9.17, 15) is 18.0 Å². The molecule has 4 rings (SSSR count). The second-order valence-electron chi connectivity index (χ2n) is 7.71. The summed E-state index contributed by atoms with van der Waals surface area (Å²) in [5, 5.41) is 11.9. The number of morpholine rings is 1. The zero-order valence-corrected chi connectivity index (χ0v) is 18.3. The Morgan fingerprint density at radius 1 is 1.24 bits per heavy atom. The monoisotopic (exact) mass is 473 g/mol. The predicted molar refractivity (Wildman–Crippen MR) is 118 cm³/mol. The maximum absolute atomic E-state index is 12.6. The van der Waals surface area contributed by atoms with Crippen LogP contribution in [0.15, 0.2) is 47.8 Å². The van der Waals surface area contributed by atoms with E-state index in [1.807, 2.05) is 13.1 Å². The lowest BCUT2D eigenvalue weighted by molar-refractivity contribution is -0.137. The van der Waals surface area contributed by atoms with Crippen molar-refractivity contribution in [3.05, 3.63) is 70.7 Å². The maximum Gasteiger partial charge on any atom is 0.416 e. The van der Waals surface area contributed by atoms with Gasteiger partial charge < -0.3 is 9.64 Å². The summed E-state index contributed by atoms with van der Waals surface area (Å²) >= 11 is 0. The molecule has 3 aromatic rings. The molecule has 0 spiro atoms. The minimum absolute atomic E-state index is 0.0522. The molecule has 2 aromatic heterocycles. The van der Waals surface area contributed by atoms with E-state index in [1.54, 1.807) is 10.9 Å². The second kappa shape index (κ2) is 10.00. The number of nitrogens with zero attached hydrogens (tertiary/aromatic N) is 6. The van der Waals surface area contributed by atoms with E-state index in [4.69, 9.17) is 4.74 Å². The fraction of sp³-hybridized carbons (Fsp3) is 0.318. The summed E-state index contributed by atoms with van der Waals surface area (Å²) < 4.78 is 45.0. The Balaban J connectivity index is 1.38. The van der Waals surface area contributed by atoms with Crippen LogP contribution in [0.5, 0.6) is 0 Å². The van der Waals surface area contributed by atoms with Gasteiger partial charge in [-0.15, -0.1) is 5.10 Å². The SMILES string of the molecule is Cc1cnc(N2CCOCC2)c(Cn2cc(/C=N/NC(=O)c3ccc(C(F)(F)F)cc3)nn2)c1. The number of hydrogen-bond acceptors (Lipinski definition) is 7. The number of rotatable bonds is 6. The first-order chi connectivity index (χ1) is 16.3. The van der Waals surface area contributed by atoms with E-state index in [0.717, 1.165) is 54.3 Å². The molecule has 1 fully saturated rings. The van der Waals surface area contributed by atoms with Crippen LogP contribution in [0, 0.1) is 6.92 Å². The van der Waals surface area contributed by atoms with Crippen LogP contribution < -0.4 is 10.3 Å². The summed E-state index contributed by atoms with van der Waals surface area (Å²) in [4.78, 5) is 18.9. The molecule has 0 radical (unpaired) electrons. The van der Waals surface area contributed by atoms with E-state index in [1.165, 1.54) is 6.21 Å². The molecule has 12 heteroatoms. The Morgan fingerprint density at radius 2 is 1.97 bits per heavy atom. The largest absolute Gasteiger partial charge is 0.416 e. The number of aromatic nitrogens is 4. The predicted octanol–water partition coefficient (Wildman–Crippen LogP) is 2.65. The van der Waals surface area contributed by atoms with Crippen molar-refractivity contribution < 1.29 is 22.7 Å². The van der Waals surface area contributed by atoms with Gasteiger partial charge in [0, 0.05) is 30.4 Å². The Kier molecular flexibility index (Phi) is 6.87. The van der Waals surface area contributed by atoms with E-state index in [-0.39, 0.29) is 5.56 Å². The summed E-state index contributed by atoms with van der Waals surface area (Å²) in [7, 11) is 0. The highest BCUT2D eigenvalue weighted by molar-refractivity contribution is 5.94.